The van der Waals surface area contributed by atoms with Gasteiger partial charge in [0.05, 0.1) is 0 Å². The van der Waals surface area contributed by atoms with E-state index in [1.807, 2.05) is 0 Å². The number of piperidine rings is 2. The van der Waals surface area contributed by atoms with Gasteiger partial charge in [0, 0.05) is 18.1 Å². The van der Waals surface area contributed by atoms with Crippen LogP contribution in [0.3, 0.4) is 0 Å². The predicted octanol–water partition coefficient (Wildman–Crippen LogP) is 2.32. The molecule has 3 fully saturated rings. The Labute approximate surface area is 125 Å². The van der Waals surface area contributed by atoms with Crippen LogP contribution >= 0.6 is 0 Å². The van der Waals surface area contributed by atoms with E-state index in [1.54, 1.807) is 0 Å². The van der Waals surface area contributed by atoms with Crippen molar-refractivity contribution in [1.82, 2.24) is 15.1 Å². The van der Waals surface area contributed by atoms with Gasteiger partial charge in [-0.2, -0.15) is 0 Å². The first-order chi connectivity index (χ1) is 9.76. The summed E-state index contributed by atoms with van der Waals surface area (Å²) < 4.78 is 0. The van der Waals surface area contributed by atoms with Gasteiger partial charge in [0.25, 0.3) is 0 Å². The van der Waals surface area contributed by atoms with E-state index in [2.05, 4.69) is 29.1 Å². The molecule has 0 aromatic carbocycles. The van der Waals surface area contributed by atoms with E-state index >= 15 is 0 Å². The molecule has 0 aromatic heterocycles. The maximum atomic E-state index is 3.68. The molecule has 0 aliphatic carbocycles. The normalized spacial score (nSPS) is 36.6. The Morgan fingerprint density at radius 3 is 2.25 bits per heavy atom. The van der Waals surface area contributed by atoms with Crippen molar-refractivity contribution >= 4 is 0 Å². The van der Waals surface area contributed by atoms with Gasteiger partial charge in [-0.15, -0.1) is 0 Å². The average Bonchev–Trinajstić information content (AvgIpc) is 2.68. The van der Waals surface area contributed by atoms with Gasteiger partial charge in [-0.3, -0.25) is 4.90 Å². The minimum absolute atomic E-state index is 0.803. The van der Waals surface area contributed by atoms with Crippen molar-refractivity contribution in [3.8, 4) is 0 Å². The van der Waals surface area contributed by atoms with Crippen LogP contribution in [-0.4, -0.2) is 61.2 Å². The molecule has 20 heavy (non-hydrogen) atoms. The van der Waals surface area contributed by atoms with Crippen LogP contribution < -0.4 is 5.32 Å². The second-order valence-corrected chi connectivity index (χ2v) is 7.38. The van der Waals surface area contributed by atoms with Gasteiger partial charge in [-0.1, -0.05) is 6.92 Å². The van der Waals surface area contributed by atoms with Crippen molar-refractivity contribution in [3.05, 3.63) is 0 Å². The fourth-order valence-corrected chi connectivity index (χ4v) is 4.78. The molecule has 0 saturated carbocycles. The quantitative estimate of drug-likeness (QED) is 0.833. The van der Waals surface area contributed by atoms with E-state index in [-0.39, 0.29) is 0 Å². The lowest BCUT2D eigenvalue weighted by Crippen LogP contribution is -2.49. The summed E-state index contributed by atoms with van der Waals surface area (Å²) in [7, 11) is 2.27. The Hall–Kier alpha value is -0.120. The van der Waals surface area contributed by atoms with Gasteiger partial charge >= 0.3 is 0 Å². The fourth-order valence-electron chi connectivity index (χ4n) is 4.78. The van der Waals surface area contributed by atoms with E-state index in [9.17, 15) is 0 Å². The molecule has 116 valence electrons. The summed E-state index contributed by atoms with van der Waals surface area (Å²) in [5.74, 6) is 0.997. The molecule has 0 aromatic rings. The Morgan fingerprint density at radius 1 is 1.00 bits per heavy atom. The summed E-state index contributed by atoms with van der Waals surface area (Å²) in [6.07, 6.45) is 10.0. The van der Waals surface area contributed by atoms with Crippen LogP contribution in [0.4, 0.5) is 0 Å². The van der Waals surface area contributed by atoms with Crippen LogP contribution in [0.5, 0.6) is 0 Å². The molecule has 0 spiro atoms. The Kier molecular flexibility index (Phi) is 5.00. The lowest BCUT2D eigenvalue weighted by molar-refractivity contribution is 0.102. The number of fused-ring (bicyclic) bond motifs is 2. The van der Waals surface area contributed by atoms with E-state index in [4.69, 9.17) is 0 Å². The predicted molar refractivity (Wildman–Crippen MR) is 85.1 cm³/mol. The number of hydrogen-bond acceptors (Lipinski definition) is 3. The Bertz CT molecular complexity index is 285. The van der Waals surface area contributed by atoms with Gasteiger partial charge in [0.2, 0.25) is 0 Å². The largest absolute Gasteiger partial charge is 0.314 e. The van der Waals surface area contributed by atoms with Crippen molar-refractivity contribution < 1.29 is 0 Å². The highest BCUT2D eigenvalue weighted by atomic mass is 15.2. The third kappa shape index (κ3) is 3.37. The third-order valence-electron chi connectivity index (χ3n) is 6.01. The van der Waals surface area contributed by atoms with Crippen molar-refractivity contribution in [1.29, 1.82) is 0 Å². The summed E-state index contributed by atoms with van der Waals surface area (Å²) in [4.78, 5) is 5.37. The molecule has 3 aliphatic heterocycles. The molecular formula is C17H33N3. The standard InChI is InChI=1S/C17H33N3/c1-3-18-15-12-16-4-5-17(13-15)20(16)11-8-14-6-9-19(2)10-7-14/h14-18H,3-13H2,1-2H3. The summed E-state index contributed by atoms with van der Waals surface area (Å²) in [5.41, 5.74) is 0. The molecule has 2 bridgehead atoms. The molecule has 3 heteroatoms. The van der Waals surface area contributed by atoms with E-state index in [0.717, 1.165) is 30.6 Å². The second-order valence-electron chi connectivity index (χ2n) is 7.38. The molecular weight excluding hydrogens is 246 g/mol. The topological polar surface area (TPSA) is 18.5 Å². The number of hydrogen-bond donors (Lipinski definition) is 1. The van der Waals surface area contributed by atoms with Crippen LogP contribution in [0.25, 0.3) is 0 Å². The fraction of sp³-hybridized carbons (Fsp3) is 1.00. The third-order valence-corrected chi connectivity index (χ3v) is 6.01. The van der Waals surface area contributed by atoms with Gasteiger partial charge in [0.1, 0.15) is 0 Å². The molecule has 0 radical (unpaired) electrons. The number of likely N-dealkylation sites (tertiary alicyclic amines) is 1. The summed E-state index contributed by atoms with van der Waals surface area (Å²) >= 11 is 0. The van der Waals surface area contributed by atoms with Crippen LogP contribution in [0.2, 0.25) is 0 Å². The van der Waals surface area contributed by atoms with Gasteiger partial charge in [-0.25, -0.2) is 0 Å². The maximum absolute atomic E-state index is 3.68. The molecule has 3 saturated heterocycles. The first-order valence-corrected chi connectivity index (χ1v) is 8.94. The molecule has 3 aliphatic rings. The lowest BCUT2D eigenvalue weighted by Gasteiger charge is -2.40. The summed E-state index contributed by atoms with van der Waals surface area (Å²) in [5, 5.41) is 3.68. The lowest BCUT2D eigenvalue weighted by atomic mass is 9.92. The number of nitrogens with zero attached hydrogens (tertiary/aromatic N) is 2. The van der Waals surface area contributed by atoms with Crippen LogP contribution in [0, 0.1) is 5.92 Å². The van der Waals surface area contributed by atoms with Crippen LogP contribution in [0.1, 0.15) is 51.9 Å². The minimum Gasteiger partial charge on any atom is -0.314 e. The highest BCUT2D eigenvalue weighted by Gasteiger charge is 2.40. The van der Waals surface area contributed by atoms with E-state index in [1.165, 1.54) is 64.6 Å². The molecule has 1 N–H and O–H groups in total. The van der Waals surface area contributed by atoms with Gasteiger partial charge in [-0.05, 0) is 84.1 Å². The zero-order chi connectivity index (χ0) is 13.9. The van der Waals surface area contributed by atoms with Crippen molar-refractivity contribution in [2.45, 2.75) is 70.0 Å². The van der Waals surface area contributed by atoms with Crippen LogP contribution in [0.15, 0.2) is 0 Å². The maximum Gasteiger partial charge on any atom is 0.0114 e. The Balaban J connectivity index is 1.45. The molecule has 0 amide bonds. The zero-order valence-corrected chi connectivity index (χ0v) is 13.5. The monoisotopic (exact) mass is 279 g/mol. The highest BCUT2D eigenvalue weighted by Crippen LogP contribution is 2.36. The van der Waals surface area contributed by atoms with E-state index < -0.39 is 0 Å². The Morgan fingerprint density at radius 2 is 1.65 bits per heavy atom. The van der Waals surface area contributed by atoms with Crippen molar-refractivity contribution in [3.63, 3.8) is 0 Å². The summed E-state index contributed by atoms with van der Waals surface area (Å²) in [6.45, 7) is 7.40. The molecule has 2 atom stereocenters. The van der Waals surface area contributed by atoms with E-state index in [0.29, 0.717) is 0 Å². The van der Waals surface area contributed by atoms with Crippen molar-refractivity contribution in [2.75, 3.05) is 33.2 Å². The summed E-state index contributed by atoms with van der Waals surface area (Å²) in [6, 6.07) is 2.59. The van der Waals surface area contributed by atoms with Crippen LogP contribution in [-0.2, 0) is 0 Å². The number of rotatable bonds is 5. The molecule has 2 unspecified atom stereocenters. The first kappa shape index (κ1) is 14.8. The van der Waals surface area contributed by atoms with Gasteiger partial charge in [0.15, 0.2) is 0 Å². The minimum atomic E-state index is 0.803. The molecule has 3 heterocycles. The number of nitrogens with one attached hydrogen (secondary N) is 1. The zero-order valence-electron chi connectivity index (χ0n) is 13.5. The van der Waals surface area contributed by atoms with Crippen molar-refractivity contribution in [2.24, 2.45) is 5.92 Å². The first-order valence-electron chi connectivity index (χ1n) is 8.94. The highest BCUT2D eigenvalue weighted by molar-refractivity contribution is 4.97. The SMILES string of the molecule is CCNC1CC2CCC(C1)N2CCC1CCN(C)CC1. The smallest absolute Gasteiger partial charge is 0.0114 e. The molecule has 3 rings (SSSR count). The molecule has 3 nitrogen and oxygen atoms in total. The second kappa shape index (κ2) is 6.76. The average molecular weight is 279 g/mol. The van der Waals surface area contributed by atoms with Gasteiger partial charge < -0.3 is 10.2 Å².